The molecule has 0 atom stereocenters. The van der Waals surface area contributed by atoms with Crippen LogP contribution in [0, 0.1) is 5.92 Å². The number of aromatic nitrogens is 1. The molecule has 0 amide bonds. The summed E-state index contributed by atoms with van der Waals surface area (Å²) in [5.74, 6) is 1.72. The van der Waals surface area contributed by atoms with E-state index in [9.17, 15) is 0 Å². The van der Waals surface area contributed by atoms with Crippen molar-refractivity contribution >= 4 is 21.7 Å². The zero-order valence-electron chi connectivity index (χ0n) is 10.5. The average molecular weight is 298 g/mol. The standard InChI is InChI=1S/C13H20BrN3/c1-9(2)8-17(12-3-4-12)13-10(6-15)5-11(14)7-16-13/h5,7,9,12H,3-4,6,8,15H2,1-2H3. The highest BCUT2D eigenvalue weighted by Crippen LogP contribution is 2.33. The summed E-state index contributed by atoms with van der Waals surface area (Å²) in [7, 11) is 0. The lowest BCUT2D eigenvalue weighted by Crippen LogP contribution is -2.31. The fourth-order valence-electron chi connectivity index (χ4n) is 2.07. The van der Waals surface area contributed by atoms with Crippen LogP contribution in [0.2, 0.25) is 0 Å². The lowest BCUT2D eigenvalue weighted by atomic mass is 10.1. The SMILES string of the molecule is CC(C)CN(c1ncc(Br)cc1CN)C1CC1. The number of nitrogens with two attached hydrogens (primary N) is 1. The summed E-state index contributed by atoms with van der Waals surface area (Å²) >= 11 is 3.45. The Labute approximate surface area is 112 Å². The maximum absolute atomic E-state index is 5.82. The molecule has 0 spiro atoms. The summed E-state index contributed by atoms with van der Waals surface area (Å²) in [5.41, 5.74) is 6.95. The van der Waals surface area contributed by atoms with Gasteiger partial charge < -0.3 is 10.6 Å². The summed E-state index contributed by atoms with van der Waals surface area (Å²) in [6, 6.07) is 2.76. The number of hydrogen-bond acceptors (Lipinski definition) is 3. The van der Waals surface area contributed by atoms with Gasteiger partial charge in [-0.2, -0.15) is 0 Å². The fourth-order valence-corrected chi connectivity index (χ4v) is 2.45. The van der Waals surface area contributed by atoms with Crippen molar-refractivity contribution in [3.05, 3.63) is 22.3 Å². The van der Waals surface area contributed by atoms with Gasteiger partial charge in [-0.1, -0.05) is 13.8 Å². The second-order valence-corrected chi connectivity index (χ2v) is 6.03. The van der Waals surface area contributed by atoms with Gasteiger partial charge in [0.1, 0.15) is 5.82 Å². The largest absolute Gasteiger partial charge is 0.353 e. The lowest BCUT2D eigenvalue weighted by Gasteiger charge is -2.27. The van der Waals surface area contributed by atoms with Gasteiger partial charge in [0.25, 0.3) is 0 Å². The van der Waals surface area contributed by atoms with E-state index in [1.807, 2.05) is 6.20 Å². The van der Waals surface area contributed by atoms with Crippen LogP contribution < -0.4 is 10.6 Å². The van der Waals surface area contributed by atoms with Crippen LogP contribution in [-0.2, 0) is 6.54 Å². The smallest absolute Gasteiger partial charge is 0.133 e. The zero-order chi connectivity index (χ0) is 12.4. The van der Waals surface area contributed by atoms with Gasteiger partial charge in [-0.15, -0.1) is 0 Å². The topological polar surface area (TPSA) is 42.2 Å². The lowest BCUT2D eigenvalue weighted by molar-refractivity contribution is 0.600. The fraction of sp³-hybridized carbons (Fsp3) is 0.615. The van der Waals surface area contributed by atoms with E-state index in [2.05, 4.69) is 45.7 Å². The van der Waals surface area contributed by atoms with E-state index < -0.39 is 0 Å². The van der Waals surface area contributed by atoms with Crippen molar-refractivity contribution in [1.29, 1.82) is 0 Å². The number of nitrogens with zero attached hydrogens (tertiary/aromatic N) is 2. The minimum absolute atomic E-state index is 0.545. The van der Waals surface area contributed by atoms with E-state index in [1.54, 1.807) is 0 Å². The van der Waals surface area contributed by atoms with E-state index in [-0.39, 0.29) is 0 Å². The maximum Gasteiger partial charge on any atom is 0.133 e. The van der Waals surface area contributed by atoms with Gasteiger partial charge in [0.2, 0.25) is 0 Å². The molecule has 3 nitrogen and oxygen atoms in total. The molecule has 1 heterocycles. The van der Waals surface area contributed by atoms with Crippen LogP contribution in [0.3, 0.4) is 0 Å². The zero-order valence-corrected chi connectivity index (χ0v) is 12.1. The maximum atomic E-state index is 5.82. The number of hydrogen-bond donors (Lipinski definition) is 1. The highest BCUT2D eigenvalue weighted by atomic mass is 79.9. The molecule has 1 aromatic rings. The quantitative estimate of drug-likeness (QED) is 0.909. The molecule has 0 aromatic carbocycles. The second kappa shape index (κ2) is 5.36. The molecule has 0 aliphatic heterocycles. The normalized spacial score (nSPS) is 15.4. The third kappa shape index (κ3) is 3.19. The van der Waals surface area contributed by atoms with E-state index in [0.29, 0.717) is 18.5 Å². The minimum Gasteiger partial charge on any atom is -0.353 e. The third-order valence-corrected chi connectivity index (χ3v) is 3.38. The Bertz CT molecular complexity index is 388. The first-order valence-corrected chi connectivity index (χ1v) is 7.02. The third-order valence-electron chi connectivity index (χ3n) is 2.95. The number of rotatable bonds is 5. The first kappa shape index (κ1) is 12.8. The first-order valence-electron chi connectivity index (χ1n) is 6.23. The Hall–Kier alpha value is -0.610. The van der Waals surface area contributed by atoms with Crippen molar-refractivity contribution in [3.63, 3.8) is 0 Å². The summed E-state index contributed by atoms with van der Waals surface area (Å²) in [5, 5.41) is 0. The van der Waals surface area contributed by atoms with Crippen LogP contribution in [0.4, 0.5) is 5.82 Å². The Morgan fingerprint density at radius 2 is 2.24 bits per heavy atom. The Morgan fingerprint density at radius 3 is 2.76 bits per heavy atom. The van der Waals surface area contributed by atoms with E-state index in [1.165, 1.54) is 12.8 Å². The molecule has 0 unspecified atom stereocenters. The van der Waals surface area contributed by atoms with Crippen molar-refractivity contribution in [1.82, 2.24) is 4.98 Å². The summed E-state index contributed by atoms with van der Waals surface area (Å²) in [6.45, 7) is 6.10. The van der Waals surface area contributed by atoms with Crippen molar-refractivity contribution in [3.8, 4) is 0 Å². The molecule has 1 aliphatic carbocycles. The molecule has 4 heteroatoms. The van der Waals surface area contributed by atoms with Crippen LogP contribution in [0.5, 0.6) is 0 Å². The van der Waals surface area contributed by atoms with Crippen molar-refractivity contribution < 1.29 is 0 Å². The van der Waals surface area contributed by atoms with Crippen molar-refractivity contribution in [2.75, 3.05) is 11.4 Å². The highest BCUT2D eigenvalue weighted by molar-refractivity contribution is 9.10. The Balaban J connectivity index is 2.28. The predicted octanol–water partition coefficient (Wildman–Crippen LogP) is 2.93. The van der Waals surface area contributed by atoms with E-state index in [4.69, 9.17) is 5.73 Å². The molecule has 0 bridgehead atoms. The van der Waals surface area contributed by atoms with Crippen molar-refractivity contribution in [2.45, 2.75) is 39.3 Å². The number of halogens is 1. The molecular formula is C13H20BrN3. The average Bonchev–Trinajstić information content (AvgIpc) is 3.09. The molecule has 2 N–H and O–H groups in total. The Kier molecular flexibility index (Phi) is 4.05. The van der Waals surface area contributed by atoms with Crippen LogP contribution in [0.25, 0.3) is 0 Å². The van der Waals surface area contributed by atoms with Gasteiger partial charge in [-0.25, -0.2) is 4.98 Å². The van der Waals surface area contributed by atoms with Gasteiger partial charge in [0.15, 0.2) is 0 Å². The first-order chi connectivity index (χ1) is 8.11. The molecule has 0 saturated heterocycles. The van der Waals surface area contributed by atoms with Crippen molar-refractivity contribution in [2.24, 2.45) is 11.7 Å². The van der Waals surface area contributed by atoms with Gasteiger partial charge in [-0.3, -0.25) is 0 Å². The molecule has 94 valence electrons. The highest BCUT2D eigenvalue weighted by Gasteiger charge is 2.31. The van der Waals surface area contributed by atoms with Gasteiger partial charge in [0, 0.05) is 35.4 Å². The van der Waals surface area contributed by atoms with E-state index >= 15 is 0 Å². The number of anilines is 1. The van der Waals surface area contributed by atoms with E-state index in [0.717, 1.165) is 22.4 Å². The summed E-state index contributed by atoms with van der Waals surface area (Å²) in [4.78, 5) is 6.99. The summed E-state index contributed by atoms with van der Waals surface area (Å²) < 4.78 is 1.00. The van der Waals surface area contributed by atoms with Crippen LogP contribution >= 0.6 is 15.9 Å². The second-order valence-electron chi connectivity index (χ2n) is 5.12. The van der Waals surface area contributed by atoms with Gasteiger partial charge in [0.05, 0.1) is 0 Å². The molecule has 1 aliphatic rings. The van der Waals surface area contributed by atoms with Gasteiger partial charge in [-0.05, 0) is 40.8 Å². The Morgan fingerprint density at radius 1 is 1.53 bits per heavy atom. The molecule has 0 radical (unpaired) electrons. The molecule has 1 saturated carbocycles. The van der Waals surface area contributed by atoms with Gasteiger partial charge >= 0.3 is 0 Å². The van der Waals surface area contributed by atoms with Crippen LogP contribution in [0.1, 0.15) is 32.3 Å². The van der Waals surface area contributed by atoms with Crippen LogP contribution in [0.15, 0.2) is 16.7 Å². The molecule has 1 aromatic heterocycles. The molecule has 2 rings (SSSR count). The monoisotopic (exact) mass is 297 g/mol. The summed E-state index contributed by atoms with van der Waals surface area (Å²) in [6.07, 6.45) is 4.44. The minimum atomic E-state index is 0.545. The molecular weight excluding hydrogens is 278 g/mol. The molecule has 17 heavy (non-hydrogen) atoms. The predicted molar refractivity (Wildman–Crippen MR) is 75.0 cm³/mol. The molecule has 1 fully saturated rings. The number of pyridine rings is 1. The van der Waals surface area contributed by atoms with Crippen LogP contribution in [-0.4, -0.2) is 17.6 Å².